The van der Waals surface area contributed by atoms with E-state index in [0.717, 1.165) is 5.69 Å². The lowest BCUT2D eigenvalue weighted by Gasteiger charge is -2.30. The van der Waals surface area contributed by atoms with Gasteiger partial charge in [-0.05, 0) is 24.3 Å². The molecule has 1 aromatic heterocycles. The summed E-state index contributed by atoms with van der Waals surface area (Å²) in [6, 6.07) is 14.5. The second kappa shape index (κ2) is 8.14. The third-order valence-corrected chi connectivity index (χ3v) is 4.87. The van der Waals surface area contributed by atoms with Gasteiger partial charge in [0.25, 0.3) is 5.56 Å². The molecule has 0 aliphatic carbocycles. The Labute approximate surface area is 167 Å². The van der Waals surface area contributed by atoms with Crippen LogP contribution in [0.1, 0.15) is 6.42 Å². The van der Waals surface area contributed by atoms with E-state index in [9.17, 15) is 14.4 Å². The Morgan fingerprint density at radius 3 is 2.76 bits per heavy atom. The van der Waals surface area contributed by atoms with E-state index in [-0.39, 0.29) is 36.9 Å². The van der Waals surface area contributed by atoms with Crippen molar-refractivity contribution < 1.29 is 9.59 Å². The summed E-state index contributed by atoms with van der Waals surface area (Å²) in [6.07, 6.45) is 1.60. The van der Waals surface area contributed by atoms with E-state index in [2.05, 4.69) is 15.6 Å². The average Bonchev–Trinajstić information content (AvgIpc) is 2.74. The van der Waals surface area contributed by atoms with Gasteiger partial charge in [0.2, 0.25) is 11.8 Å². The molecule has 2 N–H and O–H groups in total. The van der Waals surface area contributed by atoms with E-state index in [1.807, 2.05) is 35.2 Å². The molecule has 0 spiro atoms. The number of benzene rings is 2. The molecular formula is C21H21N5O3. The van der Waals surface area contributed by atoms with Crippen molar-refractivity contribution in [3.05, 3.63) is 65.2 Å². The molecule has 4 rings (SSSR count). The van der Waals surface area contributed by atoms with Crippen LogP contribution in [0.5, 0.6) is 0 Å². The number of amides is 2. The van der Waals surface area contributed by atoms with Gasteiger partial charge >= 0.3 is 0 Å². The normalized spacial score (nSPS) is 13.9. The molecule has 1 aliphatic heterocycles. The molecule has 1 fully saturated rings. The Balaban J connectivity index is 1.45. The monoisotopic (exact) mass is 391 g/mol. The number of nitrogens with zero attached hydrogens (tertiary/aromatic N) is 3. The number of hydrogen-bond acceptors (Lipinski definition) is 5. The van der Waals surface area contributed by atoms with E-state index in [0.29, 0.717) is 29.7 Å². The Hall–Kier alpha value is -3.68. The van der Waals surface area contributed by atoms with Crippen molar-refractivity contribution in [1.82, 2.24) is 14.9 Å². The Morgan fingerprint density at radius 2 is 1.90 bits per heavy atom. The first-order valence-electron chi connectivity index (χ1n) is 9.46. The number of hydrogen-bond donors (Lipinski definition) is 2. The van der Waals surface area contributed by atoms with Crippen LogP contribution >= 0.6 is 0 Å². The number of nitrogens with one attached hydrogen (secondary N) is 2. The average molecular weight is 391 g/mol. The number of fused-ring (bicyclic) bond motifs is 1. The Kier molecular flexibility index (Phi) is 5.24. The molecule has 0 unspecified atom stereocenters. The number of carbonyl (C=O) groups excluding carboxylic acids is 2. The predicted octanol–water partition coefficient (Wildman–Crippen LogP) is 1.36. The van der Waals surface area contributed by atoms with Crippen LogP contribution in [0.4, 0.5) is 11.4 Å². The highest BCUT2D eigenvalue weighted by Crippen LogP contribution is 2.26. The maximum absolute atomic E-state index is 12.5. The van der Waals surface area contributed by atoms with Crippen LogP contribution in [0.15, 0.2) is 59.7 Å². The van der Waals surface area contributed by atoms with Gasteiger partial charge in [0.15, 0.2) is 0 Å². The lowest BCUT2D eigenvalue weighted by atomic mass is 10.2. The molecule has 1 aliphatic rings. The molecule has 8 heteroatoms. The summed E-state index contributed by atoms with van der Waals surface area (Å²) in [5, 5.41) is 6.23. The fourth-order valence-corrected chi connectivity index (χ4v) is 3.40. The second-order valence-corrected chi connectivity index (χ2v) is 6.85. The molecule has 2 aromatic carbocycles. The van der Waals surface area contributed by atoms with E-state index in [1.165, 1.54) is 10.9 Å². The fourth-order valence-electron chi connectivity index (χ4n) is 3.40. The SMILES string of the molecule is O=C1CN(c2ccccc2NC(=O)CCn2cnc3ccccc3c2=O)CCN1. The van der Waals surface area contributed by atoms with Crippen molar-refractivity contribution in [2.75, 3.05) is 29.9 Å². The largest absolute Gasteiger partial charge is 0.359 e. The first-order valence-corrected chi connectivity index (χ1v) is 9.46. The van der Waals surface area contributed by atoms with Crippen molar-refractivity contribution in [2.24, 2.45) is 0 Å². The number of para-hydroxylation sites is 3. The lowest BCUT2D eigenvalue weighted by Crippen LogP contribution is -2.47. The number of aryl methyl sites for hydroxylation is 1. The highest BCUT2D eigenvalue weighted by Gasteiger charge is 2.19. The molecule has 3 aromatic rings. The van der Waals surface area contributed by atoms with Gasteiger partial charge in [-0.15, -0.1) is 0 Å². The minimum Gasteiger partial charge on any atom is -0.359 e. The molecule has 0 atom stereocenters. The van der Waals surface area contributed by atoms with Crippen molar-refractivity contribution in [1.29, 1.82) is 0 Å². The van der Waals surface area contributed by atoms with Gasteiger partial charge in [-0.3, -0.25) is 19.0 Å². The summed E-state index contributed by atoms with van der Waals surface area (Å²) >= 11 is 0. The molecule has 1 saturated heterocycles. The second-order valence-electron chi connectivity index (χ2n) is 6.85. The standard InChI is InChI=1S/C21H21N5O3/c27-19(9-11-26-14-23-16-6-2-1-5-15(16)21(26)29)24-17-7-3-4-8-18(17)25-12-10-22-20(28)13-25/h1-8,14H,9-13H2,(H,22,28)(H,24,27). The van der Waals surface area contributed by atoms with E-state index >= 15 is 0 Å². The molecule has 2 heterocycles. The van der Waals surface area contributed by atoms with Gasteiger partial charge in [0, 0.05) is 26.1 Å². The summed E-state index contributed by atoms with van der Waals surface area (Å²) in [5.74, 6) is -0.250. The zero-order valence-corrected chi connectivity index (χ0v) is 15.8. The quantitative estimate of drug-likeness (QED) is 0.685. The van der Waals surface area contributed by atoms with Crippen LogP contribution in [-0.4, -0.2) is 41.0 Å². The van der Waals surface area contributed by atoms with Crippen LogP contribution < -0.4 is 21.1 Å². The van der Waals surface area contributed by atoms with Crippen molar-refractivity contribution in [2.45, 2.75) is 13.0 Å². The number of rotatable bonds is 5. The molecule has 29 heavy (non-hydrogen) atoms. The maximum atomic E-state index is 12.5. The Bertz CT molecular complexity index is 1120. The van der Waals surface area contributed by atoms with Gasteiger partial charge in [-0.1, -0.05) is 24.3 Å². The van der Waals surface area contributed by atoms with E-state index in [4.69, 9.17) is 0 Å². The number of aromatic nitrogens is 2. The first-order chi connectivity index (χ1) is 14.1. The number of anilines is 2. The molecule has 148 valence electrons. The smallest absolute Gasteiger partial charge is 0.261 e. The Morgan fingerprint density at radius 1 is 1.10 bits per heavy atom. The van der Waals surface area contributed by atoms with Crippen LogP contribution in [0.3, 0.4) is 0 Å². The van der Waals surface area contributed by atoms with Crippen molar-refractivity contribution in [3.63, 3.8) is 0 Å². The van der Waals surface area contributed by atoms with Crippen molar-refractivity contribution in [3.8, 4) is 0 Å². The molecular weight excluding hydrogens is 370 g/mol. The summed E-state index contributed by atoms with van der Waals surface area (Å²) in [6.45, 7) is 1.73. The lowest BCUT2D eigenvalue weighted by molar-refractivity contribution is -0.120. The van der Waals surface area contributed by atoms with Crippen LogP contribution in [0.2, 0.25) is 0 Å². The minimum atomic E-state index is -0.209. The van der Waals surface area contributed by atoms with Gasteiger partial charge in [0.1, 0.15) is 0 Å². The third kappa shape index (κ3) is 4.11. The van der Waals surface area contributed by atoms with E-state index < -0.39 is 0 Å². The summed E-state index contributed by atoms with van der Waals surface area (Å²) in [4.78, 5) is 42.9. The van der Waals surface area contributed by atoms with E-state index in [1.54, 1.807) is 18.2 Å². The van der Waals surface area contributed by atoms with Gasteiger partial charge in [-0.25, -0.2) is 4.98 Å². The molecule has 0 radical (unpaired) electrons. The topological polar surface area (TPSA) is 96.3 Å². The zero-order valence-electron chi connectivity index (χ0n) is 15.8. The molecule has 0 saturated carbocycles. The zero-order chi connectivity index (χ0) is 20.2. The summed E-state index contributed by atoms with van der Waals surface area (Å²) < 4.78 is 1.45. The van der Waals surface area contributed by atoms with Crippen molar-refractivity contribution >= 4 is 34.1 Å². The van der Waals surface area contributed by atoms with Gasteiger partial charge in [-0.2, -0.15) is 0 Å². The predicted molar refractivity (Wildman–Crippen MR) is 111 cm³/mol. The number of piperazine rings is 1. The summed E-state index contributed by atoms with van der Waals surface area (Å²) in [5.41, 5.74) is 1.93. The fraction of sp³-hybridized carbons (Fsp3) is 0.238. The van der Waals surface area contributed by atoms with Crippen LogP contribution in [-0.2, 0) is 16.1 Å². The first kappa shape index (κ1) is 18.7. The highest BCUT2D eigenvalue weighted by atomic mass is 16.2. The van der Waals surface area contributed by atoms with Gasteiger partial charge < -0.3 is 15.5 Å². The molecule has 2 amide bonds. The summed E-state index contributed by atoms with van der Waals surface area (Å²) in [7, 11) is 0. The number of carbonyl (C=O) groups is 2. The minimum absolute atomic E-state index is 0.0411. The van der Waals surface area contributed by atoms with Crippen LogP contribution in [0, 0.1) is 0 Å². The molecule has 8 nitrogen and oxygen atoms in total. The maximum Gasteiger partial charge on any atom is 0.261 e. The third-order valence-electron chi connectivity index (χ3n) is 4.87. The van der Waals surface area contributed by atoms with Gasteiger partial charge in [0.05, 0.1) is 35.1 Å². The highest BCUT2D eigenvalue weighted by molar-refractivity contribution is 5.95. The molecule has 0 bridgehead atoms. The van der Waals surface area contributed by atoms with Crippen LogP contribution in [0.25, 0.3) is 10.9 Å².